The molecular formula is C30H42N4O5. The monoisotopic (exact) mass is 538 g/mol. The van der Waals surface area contributed by atoms with Crippen LogP contribution in [0.1, 0.15) is 31.4 Å². The molecule has 0 unspecified atom stereocenters. The van der Waals surface area contributed by atoms with Gasteiger partial charge in [-0.25, -0.2) is 0 Å². The number of hydrogen-bond acceptors (Lipinski definition) is 6. The van der Waals surface area contributed by atoms with Crippen LogP contribution in [-0.2, 0) is 27.2 Å². The van der Waals surface area contributed by atoms with Gasteiger partial charge in [0, 0.05) is 39.5 Å². The molecule has 2 aromatic rings. The fourth-order valence-corrected chi connectivity index (χ4v) is 4.06. The predicted octanol–water partition coefficient (Wildman–Crippen LogP) is 2.57. The van der Waals surface area contributed by atoms with Gasteiger partial charge in [0.2, 0.25) is 17.7 Å². The molecule has 0 aliphatic heterocycles. The van der Waals surface area contributed by atoms with Gasteiger partial charge in [0.25, 0.3) is 0 Å². The summed E-state index contributed by atoms with van der Waals surface area (Å²) in [6, 6.07) is 13.0. The molecule has 2 atom stereocenters. The average molecular weight is 539 g/mol. The Balaban J connectivity index is 2.37. The Hall–Kier alpha value is -3.85. The summed E-state index contributed by atoms with van der Waals surface area (Å²) in [6.45, 7) is 3.75. The van der Waals surface area contributed by atoms with E-state index in [1.807, 2.05) is 62.4 Å². The quantitative estimate of drug-likeness (QED) is 0.379. The van der Waals surface area contributed by atoms with Gasteiger partial charge in [-0.2, -0.15) is 0 Å². The number of nitrogens with one attached hydrogen (secondary N) is 1. The molecule has 9 nitrogen and oxygen atoms in total. The lowest BCUT2D eigenvalue weighted by Crippen LogP contribution is -2.55. The van der Waals surface area contributed by atoms with E-state index in [2.05, 4.69) is 5.32 Å². The SMILES string of the molecule is CNC(=O)[C@@H](Cc1ccc(OC)cc1)N(C)C(=O)[C@@H](Cc1ccc(OC)cc1)N(C)C(=O)C=CCC(C)(C)N. The topological polar surface area (TPSA) is 114 Å². The van der Waals surface area contributed by atoms with Crippen LogP contribution in [0, 0.1) is 0 Å². The second-order valence-corrected chi connectivity index (χ2v) is 10.2. The van der Waals surface area contributed by atoms with Gasteiger partial charge in [0.15, 0.2) is 0 Å². The summed E-state index contributed by atoms with van der Waals surface area (Å²) in [7, 11) is 7.90. The first-order chi connectivity index (χ1) is 18.4. The molecule has 0 spiro atoms. The van der Waals surface area contributed by atoms with Gasteiger partial charge >= 0.3 is 0 Å². The van der Waals surface area contributed by atoms with Crippen LogP contribution in [0.25, 0.3) is 0 Å². The number of methoxy groups -OCH3 is 2. The molecule has 0 aliphatic carbocycles. The van der Waals surface area contributed by atoms with E-state index in [1.165, 1.54) is 22.9 Å². The fraction of sp³-hybridized carbons (Fsp3) is 0.433. The van der Waals surface area contributed by atoms with Crippen molar-refractivity contribution in [3.05, 3.63) is 71.8 Å². The van der Waals surface area contributed by atoms with E-state index < -0.39 is 17.6 Å². The highest BCUT2D eigenvalue weighted by Gasteiger charge is 2.34. The minimum absolute atomic E-state index is 0.259. The molecule has 0 saturated carbocycles. The standard InChI is InChI=1S/C30H42N4O5/c1-30(2,31)18-8-9-27(35)33(4)26(20-22-12-16-24(39-7)17-13-22)29(37)34(5)25(28(36)32-3)19-21-10-14-23(38-6)15-11-21/h8-17,25-26H,18-20,31H2,1-7H3,(H,32,36)/t25-,26-/m1/s1. The second-order valence-electron chi connectivity index (χ2n) is 10.2. The predicted molar refractivity (Wildman–Crippen MR) is 153 cm³/mol. The molecule has 2 aromatic carbocycles. The van der Waals surface area contributed by atoms with Crippen molar-refractivity contribution in [2.75, 3.05) is 35.4 Å². The molecule has 0 radical (unpaired) electrons. The van der Waals surface area contributed by atoms with Gasteiger partial charge in [-0.15, -0.1) is 0 Å². The van der Waals surface area contributed by atoms with Crippen LogP contribution in [0.2, 0.25) is 0 Å². The smallest absolute Gasteiger partial charge is 0.246 e. The van der Waals surface area contributed by atoms with E-state index in [1.54, 1.807) is 34.4 Å². The number of ether oxygens (including phenoxy) is 2. The molecule has 9 heteroatoms. The second kappa shape index (κ2) is 14.3. The number of nitrogens with zero attached hydrogens (tertiary/aromatic N) is 2. The van der Waals surface area contributed by atoms with Crippen molar-refractivity contribution in [1.29, 1.82) is 0 Å². The molecule has 0 heterocycles. The highest BCUT2D eigenvalue weighted by Crippen LogP contribution is 2.19. The number of nitrogens with two attached hydrogens (primary N) is 1. The third-order valence-electron chi connectivity index (χ3n) is 6.54. The largest absolute Gasteiger partial charge is 0.497 e. The lowest BCUT2D eigenvalue weighted by Gasteiger charge is -2.34. The van der Waals surface area contributed by atoms with Crippen molar-refractivity contribution in [3.63, 3.8) is 0 Å². The van der Waals surface area contributed by atoms with Crippen molar-refractivity contribution in [3.8, 4) is 11.5 Å². The molecule has 0 saturated heterocycles. The number of carbonyl (C=O) groups is 3. The molecule has 0 aliphatic rings. The van der Waals surface area contributed by atoms with Crippen LogP contribution in [0.5, 0.6) is 11.5 Å². The lowest BCUT2D eigenvalue weighted by atomic mass is 9.99. The Bertz CT molecular complexity index is 1120. The molecule has 212 valence electrons. The molecule has 2 rings (SSSR count). The highest BCUT2D eigenvalue weighted by atomic mass is 16.5. The van der Waals surface area contributed by atoms with Crippen LogP contribution >= 0.6 is 0 Å². The first-order valence-electron chi connectivity index (χ1n) is 12.9. The summed E-state index contributed by atoms with van der Waals surface area (Å²) < 4.78 is 10.5. The first-order valence-corrected chi connectivity index (χ1v) is 12.9. The normalized spacial score (nSPS) is 12.9. The van der Waals surface area contributed by atoms with E-state index in [0.717, 1.165) is 11.1 Å². The number of benzene rings is 2. The number of carbonyl (C=O) groups excluding carboxylic acids is 3. The van der Waals surface area contributed by atoms with E-state index in [-0.39, 0.29) is 24.1 Å². The number of amides is 3. The summed E-state index contributed by atoms with van der Waals surface area (Å²) in [5.74, 6) is 0.409. The third-order valence-corrected chi connectivity index (χ3v) is 6.54. The van der Waals surface area contributed by atoms with E-state index in [0.29, 0.717) is 24.3 Å². The van der Waals surface area contributed by atoms with Crippen LogP contribution < -0.4 is 20.5 Å². The van der Waals surface area contributed by atoms with Crippen molar-refractivity contribution in [1.82, 2.24) is 15.1 Å². The minimum Gasteiger partial charge on any atom is -0.497 e. The Labute approximate surface area is 231 Å². The molecule has 39 heavy (non-hydrogen) atoms. The zero-order chi connectivity index (χ0) is 29.2. The first kappa shape index (κ1) is 31.4. The highest BCUT2D eigenvalue weighted by molar-refractivity contribution is 5.95. The summed E-state index contributed by atoms with van der Waals surface area (Å²) in [5.41, 5.74) is 7.29. The van der Waals surface area contributed by atoms with E-state index >= 15 is 0 Å². The Morgan fingerprint density at radius 3 is 1.74 bits per heavy atom. The van der Waals surface area contributed by atoms with Gasteiger partial charge < -0.3 is 30.3 Å². The van der Waals surface area contributed by atoms with Gasteiger partial charge in [0.05, 0.1) is 14.2 Å². The maximum Gasteiger partial charge on any atom is 0.246 e. The van der Waals surface area contributed by atoms with E-state index in [9.17, 15) is 14.4 Å². The lowest BCUT2D eigenvalue weighted by molar-refractivity contribution is -0.146. The van der Waals surface area contributed by atoms with Crippen molar-refractivity contribution >= 4 is 17.7 Å². The van der Waals surface area contributed by atoms with E-state index in [4.69, 9.17) is 15.2 Å². The van der Waals surface area contributed by atoms with Crippen LogP contribution in [-0.4, -0.2) is 80.5 Å². The molecule has 3 N–H and O–H groups in total. The van der Waals surface area contributed by atoms with Gasteiger partial charge in [-0.1, -0.05) is 30.3 Å². The van der Waals surface area contributed by atoms with Crippen molar-refractivity contribution < 1.29 is 23.9 Å². The maximum atomic E-state index is 14.0. The van der Waals surface area contributed by atoms with Crippen LogP contribution in [0.15, 0.2) is 60.7 Å². The minimum atomic E-state index is -0.852. The van der Waals surface area contributed by atoms with Crippen molar-refractivity contribution in [2.45, 2.75) is 50.7 Å². The Morgan fingerprint density at radius 2 is 1.33 bits per heavy atom. The summed E-state index contributed by atoms with van der Waals surface area (Å²) in [4.78, 5) is 42.8. The average Bonchev–Trinajstić information content (AvgIpc) is 2.93. The number of hydrogen-bond donors (Lipinski definition) is 2. The number of likely N-dealkylation sites (N-methyl/N-ethyl adjacent to an activating group) is 3. The molecule has 0 fully saturated rings. The molecule has 0 bridgehead atoms. The van der Waals surface area contributed by atoms with Gasteiger partial charge in [-0.05, 0) is 61.7 Å². The van der Waals surface area contributed by atoms with Gasteiger partial charge in [-0.3, -0.25) is 14.4 Å². The number of rotatable bonds is 13. The Kier molecular flexibility index (Phi) is 11.5. The van der Waals surface area contributed by atoms with Crippen LogP contribution in [0.3, 0.4) is 0 Å². The maximum absolute atomic E-state index is 14.0. The Morgan fingerprint density at radius 1 is 0.872 bits per heavy atom. The van der Waals surface area contributed by atoms with Crippen molar-refractivity contribution in [2.24, 2.45) is 5.73 Å². The zero-order valence-electron chi connectivity index (χ0n) is 24.1. The van der Waals surface area contributed by atoms with Crippen LogP contribution in [0.4, 0.5) is 0 Å². The molecule has 0 aromatic heterocycles. The fourth-order valence-electron chi connectivity index (χ4n) is 4.06. The van der Waals surface area contributed by atoms with Gasteiger partial charge in [0.1, 0.15) is 23.6 Å². The molecule has 3 amide bonds. The summed E-state index contributed by atoms with van der Waals surface area (Å²) >= 11 is 0. The molecular weight excluding hydrogens is 496 g/mol. The third kappa shape index (κ3) is 9.44. The summed E-state index contributed by atoms with van der Waals surface area (Å²) in [5, 5.41) is 2.66. The zero-order valence-corrected chi connectivity index (χ0v) is 24.1. The summed E-state index contributed by atoms with van der Waals surface area (Å²) in [6.07, 6.45) is 4.22.